The summed E-state index contributed by atoms with van der Waals surface area (Å²) in [4.78, 5) is 63.2. The van der Waals surface area contributed by atoms with Crippen LogP contribution in [-0.2, 0) is 24.6 Å². The van der Waals surface area contributed by atoms with E-state index in [1.54, 1.807) is 24.3 Å². The number of pyridine rings is 3. The summed E-state index contributed by atoms with van der Waals surface area (Å²) in [5.41, 5.74) is 1.85. The molecule has 15 heteroatoms. The molecule has 2 amide bonds. The van der Waals surface area contributed by atoms with Gasteiger partial charge in [0.1, 0.15) is 42.6 Å². The van der Waals surface area contributed by atoms with Crippen molar-refractivity contribution in [3.8, 4) is 17.6 Å². The van der Waals surface area contributed by atoms with Crippen LogP contribution in [0.25, 0.3) is 0 Å². The molecule has 3 heterocycles. The maximum absolute atomic E-state index is 13.6. The molecule has 6 aromatic rings. The molecule has 0 bridgehead atoms. The summed E-state index contributed by atoms with van der Waals surface area (Å²) in [6.45, 7) is 0.109. The van der Waals surface area contributed by atoms with Crippen molar-refractivity contribution in [1.82, 2.24) is 15.0 Å². The first-order chi connectivity index (χ1) is 26.8. The first-order valence-corrected chi connectivity index (χ1v) is 16.7. The molecule has 0 radical (unpaired) electrons. The fourth-order valence-electron chi connectivity index (χ4n) is 4.99. The van der Waals surface area contributed by atoms with Gasteiger partial charge in [-0.3, -0.25) is 19.7 Å². The number of hydrogen-bond acceptors (Lipinski definition) is 12. The van der Waals surface area contributed by atoms with E-state index in [9.17, 15) is 24.5 Å². The normalized spacial score (nSPS) is 10.5. The molecule has 3 aromatic heterocycles. The number of benzene rings is 3. The van der Waals surface area contributed by atoms with Crippen LogP contribution in [-0.4, -0.2) is 44.8 Å². The highest BCUT2D eigenvalue weighted by Crippen LogP contribution is 2.29. The lowest BCUT2D eigenvalue weighted by Gasteiger charge is -2.15. The van der Waals surface area contributed by atoms with Gasteiger partial charge in [-0.25, -0.2) is 19.7 Å². The molecule has 3 aromatic carbocycles. The second-order valence-corrected chi connectivity index (χ2v) is 11.6. The zero-order valence-electron chi connectivity index (χ0n) is 29.2. The maximum Gasteiger partial charge on any atom is 0.356 e. The Balaban J connectivity index is 1.25. The van der Waals surface area contributed by atoms with Crippen LogP contribution < -0.4 is 24.8 Å². The summed E-state index contributed by atoms with van der Waals surface area (Å²) < 4.78 is 22.3. The fourth-order valence-corrected chi connectivity index (χ4v) is 4.99. The van der Waals surface area contributed by atoms with Gasteiger partial charge in [0.05, 0.1) is 12.0 Å². The smallest absolute Gasteiger partial charge is 0.356 e. The minimum atomic E-state index is -0.750. The Morgan fingerprint density at radius 3 is 1.36 bits per heavy atom. The van der Waals surface area contributed by atoms with E-state index < -0.39 is 28.4 Å². The quantitative estimate of drug-likeness (QED) is 0.0636. The van der Waals surface area contributed by atoms with Crippen molar-refractivity contribution in [3.63, 3.8) is 0 Å². The molecule has 0 aliphatic carbocycles. The zero-order valence-corrected chi connectivity index (χ0v) is 29.2. The molecular weight excluding hydrogens is 708 g/mol. The minimum absolute atomic E-state index is 0.0171. The monoisotopic (exact) mass is 740 g/mol. The summed E-state index contributed by atoms with van der Waals surface area (Å²) in [5.74, 6) is -2.61. The summed E-state index contributed by atoms with van der Waals surface area (Å²) in [7, 11) is 1.22. The molecule has 0 unspecified atom stereocenters. The number of carbonyl (C=O) groups is 3. The van der Waals surface area contributed by atoms with E-state index in [0.29, 0.717) is 0 Å². The highest BCUT2D eigenvalue weighted by molar-refractivity contribution is 6.06. The van der Waals surface area contributed by atoms with Gasteiger partial charge < -0.3 is 29.6 Å². The van der Waals surface area contributed by atoms with Crippen molar-refractivity contribution in [1.29, 1.82) is 0 Å². The standard InChI is InChI=1S/C40H32N6O9/c1-52-40(49)33-20-19-32(38(45-33)54-24-27-13-7-3-8-14-27)42-35(47)29-17-18-31(37(43-29)53-23-26-11-5-2-6-12-26)41-36(48)30-21-22-34(46(50)51)39(44-30)55-25-28-15-9-4-10-16-28/h2-22H,23-25H2,1H3,(H,41,48)(H,42,47). The number of ether oxygens (including phenoxy) is 4. The summed E-state index contributed by atoms with van der Waals surface area (Å²) in [6, 6.07) is 35.3. The number of aromatic nitrogens is 3. The molecule has 0 saturated heterocycles. The molecule has 15 nitrogen and oxygen atoms in total. The third-order valence-corrected chi connectivity index (χ3v) is 7.77. The van der Waals surface area contributed by atoms with Crippen LogP contribution in [0.1, 0.15) is 48.2 Å². The van der Waals surface area contributed by atoms with E-state index in [2.05, 4.69) is 25.6 Å². The summed E-state index contributed by atoms with van der Waals surface area (Å²) in [5, 5.41) is 17.1. The van der Waals surface area contributed by atoms with E-state index in [0.717, 1.165) is 22.8 Å². The maximum atomic E-state index is 13.6. The third-order valence-electron chi connectivity index (χ3n) is 7.77. The van der Waals surface area contributed by atoms with Gasteiger partial charge in [-0.1, -0.05) is 91.0 Å². The lowest BCUT2D eigenvalue weighted by Crippen LogP contribution is -2.18. The molecule has 6 rings (SSSR count). The summed E-state index contributed by atoms with van der Waals surface area (Å²) in [6.07, 6.45) is 0. The predicted molar refractivity (Wildman–Crippen MR) is 199 cm³/mol. The largest absolute Gasteiger partial charge is 0.471 e. The Morgan fingerprint density at radius 1 is 0.545 bits per heavy atom. The number of esters is 1. The lowest BCUT2D eigenvalue weighted by atomic mass is 10.2. The second-order valence-electron chi connectivity index (χ2n) is 11.6. The number of amides is 2. The van der Waals surface area contributed by atoms with Crippen molar-refractivity contribution < 1.29 is 38.3 Å². The molecule has 0 saturated carbocycles. The van der Waals surface area contributed by atoms with Gasteiger partial charge in [0, 0.05) is 6.07 Å². The predicted octanol–water partition coefficient (Wildman–Crippen LogP) is 6.81. The van der Waals surface area contributed by atoms with Crippen LogP contribution in [0.5, 0.6) is 17.6 Å². The SMILES string of the molecule is COC(=O)c1ccc(NC(=O)c2ccc(NC(=O)c3ccc([N+](=O)[O-])c(OCc4ccccc4)n3)c(OCc3ccccc3)n2)c(OCc2ccccc2)n1. The van der Waals surface area contributed by atoms with Crippen molar-refractivity contribution >= 4 is 34.8 Å². The summed E-state index contributed by atoms with van der Waals surface area (Å²) >= 11 is 0. The van der Waals surface area contributed by atoms with Crippen molar-refractivity contribution in [2.75, 3.05) is 17.7 Å². The molecule has 276 valence electrons. The molecule has 0 atom stereocenters. The molecule has 55 heavy (non-hydrogen) atoms. The van der Waals surface area contributed by atoms with E-state index in [1.165, 1.54) is 37.4 Å². The first-order valence-electron chi connectivity index (χ1n) is 16.7. The van der Waals surface area contributed by atoms with E-state index >= 15 is 0 Å². The van der Waals surface area contributed by atoms with Gasteiger partial charge in [0.2, 0.25) is 11.8 Å². The Kier molecular flexibility index (Phi) is 11.9. The highest BCUT2D eigenvalue weighted by Gasteiger charge is 2.23. The Morgan fingerprint density at radius 2 is 0.927 bits per heavy atom. The van der Waals surface area contributed by atoms with Gasteiger partial charge in [-0.2, -0.15) is 0 Å². The van der Waals surface area contributed by atoms with Crippen LogP contribution in [0, 0.1) is 10.1 Å². The molecule has 0 spiro atoms. The molecule has 2 N–H and O–H groups in total. The van der Waals surface area contributed by atoms with E-state index in [4.69, 9.17) is 18.9 Å². The zero-order chi connectivity index (χ0) is 38.6. The van der Waals surface area contributed by atoms with E-state index in [-0.39, 0.29) is 65.9 Å². The lowest BCUT2D eigenvalue weighted by molar-refractivity contribution is -0.386. The number of carbonyl (C=O) groups excluding carboxylic acids is 3. The van der Waals surface area contributed by atoms with Crippen LogP contribution in [0.4, 0.5) is 17.1 Å². The molecule has 0 aliphatic rings. The van der Waals surface area contributed by atoms with Crippen molar-refractivity contribution in [2.45, 2.75) is 19.8 Å². The van der Waals surface area contributed by atoms with Crippen LogP contribution in [0.3, 0.4) is 0 Å². The third kappa shape index (κ3) is 9.81. The topological polar surface area (TPSA) is 194 Å². The number of nitro groups is 1. The van der Waals surface area contributed by atoms with Crippen molar-refractivity contribution in [2.24, 2.45) is 0 Å². The fraction of sp³-hybridized carbons (Fsp3) is 0.100. The molecule has 0 fully saturated rings. The minimum Gasteiger partial charge on any atom is -0.471 e. The van der Waals surface area contributed by atoms with Gasteiger partial charge in [0.15, 0.2) is 5.69 Å². The average Bonchev–Trinajstić information content (AvgIpc) is 3.22. The highest BCUT2D eigenvalue weighted by atomic mass is 16.6. The van der Waals surface area contributed by atoms with Crippen molar-refractivity contribution in [3.05, 3.63) is 171 Å². The first kappa shape index (κ1) is 37.1. The van der Waals surface area contributed by atoms with Gasteiger partial charge >= 0.3 is 11.7 Å². The molecular formula is C40H32N6O9. The second kappa shape index (κ2) is 17.7. The van der Waals surface area contributed by atoms with E-state index in [1.807, 2.05) is 66.7 Å². The van der Waals surface area contributed by atoms with Gasteiger partial charge in [0.25, 0.3) is 17.7 Å². The number of nitrogens with one attached hydrogen (secondary N) is 2. The average molecular weight is 741 g/mol. The van der Waals surface area contributed by atoms with Gasteiger partial charge in [-0.05, 0) is 47.0 Å². The van der Waals surface area contributed by atoms with Crippen LogP contribution in [0.2, 0.25) is 0 Å². The Labute approximate surface area is 314 Å². The Bertz CT molecular complexity index is 2310. The molecule has 0 aliphatic heterocycles. The number of rotatable bonds is 15. The van der Waals surface area contributed by atoms with Crippen LogP contribution in [0.15, 0.2) is 127 Å². The number of methoxy groups -OCH3 is 1. The number of anilines is 2. The number of hydrogen-bond donors (Lipinski definition) is 2. The Hall–Kier alpha value is -7.68. The number of nitrogens with zero attached hydrogens (tertiary/aromatic N) is 4. The van der Waals surface area contributed by atoms with Crippen LogP contribution >= 0.6 is 0 Å². The van der Waals surface area contributed by atoms with Gasteiger partial charge in [-0.15, -0.1) is 0 Å².